The molecule has 2 heterocycles. The molecule has 5 heteroatoms. The predicted octanol–water partition coefficient (Wildman–Crippen LogP) is 1.25. The molecule has 0 aliphatic heterocycles. The van der Waals surface area contributed by atoms with E-state index in [2.05, 4.69) is 17.4 Å². The molecule has 2 aromatic heterocycles. The van der Waals surface area contributed by atoms with Crippen LogP contribution in [-0.2, 0) is 19.9 Å². The van der Waals surface area contributed by atoms with Gasteiger partial charge < -0.3 is 4.42 Å². The van der Waals surface area contributed by atoms with Gasteiger partial charge in [-0.25, -0.2) is 0 Å². The molecule has 0 amide bonds. The van der Waals surface area contributed by atoms with E-state index in [9.17, 15) is 0 Å². The number of rotatable bonds is 5. The topological polar surface area (TPSA) is 69.0 Å². The number of nitrogens with one attached hydrogen (secondary N) is 1. The van der Waals surface area contributed by atoms with Crippen LogP contribution in [0.2, 0.25) is 0 Å². The van der Waals surface area contributed by atoms with Crippen molar-refractivity contribution in [1.29, 1.82) is 0 Å². The summed E-state index contributed by atoms with van der Waals surface area (Å²) in [5, 5.41) is 4.42. The van der Waals surface area contributed by atoms with Gasteiger partial charge in [-0.3, -0.25) is 16.0 Å². The first-order valence-electron chi connectivity index (χ1n) is 6.09. The van der Waals surface area contributed by atoms with Crippen molar-refractivity contribution >= 4 is 0 Å². The second-order valence-electron chi connectivity index (χ2n) is 4.62. The molecule has 1 atom stereocenters. The molecule has 2 rings (SSSR count). The average molecular weight is 248 g/mol. The van der Waals surface area contributed by atoms with Gasteiger partial charge in [0.05, 0.1) is 12.0 Å². The number of nitrogens with two attached hydrogens (primary N) is 1. The minimum Gasteiger partial charge on any atom is -0.469 e. The molecular formula is C13H20N4O. The molecule has 3 N–H and O–H groups in total. The summed E-state index contributed by atoms with van der Waals surface area (Å²) in [5.41, 5.74) is 6.36. The molecule has 0 saturated heterocycles. The van der Waals surface area contributed by atoms with Gasteiger partial charge in [0.15, 0.2) is 0 Å². The molecule has 5 nitrogen and oxygen atoms in total. The van der Waals surface area contributed by atoms with Crippen LogP contribution in [0.4, 0.5) is 0 Å². The summed E-state index contributed by atoms with van der Waals surface area (Å²) in [4.78, 5) is 0. The monoisotopic (exact) mass is 248 g/mol. The lowest BCUT2D eigenvalue weighted by atomic mass is 10.0. The van der Waals surface area contributed by atoms with E-state index in [1.807, 2.05) is 30.8 Å². The summed E-state index contributed by atoms with van der Waals surface area (Å²) in [6, 6.07) is 4.01. The first kappa shape index (κ1) is 12.9. The number of aromatic nitrogens is 2. The maximum Gasteiger partial charge on any atom is 0.105 e. The fourth-order valence-corrected chi connectivity index (χ4v) is 2.22. The summed E-state index contributed by atoms with van der Waals surface area (Å²) < 4.78 is 7.26. The predicted molar refractivity (Wildman–Crippen MR) is 69.9 cm³/mol. The van der Waals surface area contributed by atoms with E-state index >= 15 is 0 Å². The smallest absolute Gasteiger partial charge is 0.105 e. The van der Waals surface area contributed by atoms with Crippen molar-refractivity contribution in [3.63, 3.8) is 0 Å². The van der Waals surface area contributed by atoms with Crippen LogP contribution < -0.4 is 11.3 Å². The SMILES string of the molecule is Cc1nn(C)c(C)c1CC(Cc1ccco1)NN. The highest BCUT2D eigenvalue weighted by atomic mass is 16.3. The Hall–Kier alpha value is -1.59. The Balaban J connectivity index is 2.10. The van der Waals surface area contributed by atoms with Crippen LogP contribution in [0.25, 0.3) is 0 Å². The van der Waals surface area contributed by atoms with E-state index < -0.39 is 0 Å². The number of aryl methyl sites for hydroxylation is 2. The van der Waals surface area contributed by atoms with Crippen LogP contribution in [0.1, 0.15) is 22.7 Å². The Labute approximate surface area is 107 Å². The maximum absolute atomic E-state index is 5.63. The molecular weight excluding hydrogens is 228 g/mol. The van der Waals surface area contributed by atoms with Gasteiger partial charge in [0.2, 0.25) is 0 Å². The number of hydrogen-bond acceptors (Lipinski definition) is 4. The lowest BCUT2D eigenvalue weighted by Gasteiger charge is -2.14. The third-order valence-corrected chi connectivity index (χ3v) is 3.37. The van der Waals surface area contributed by atoms with Crippen LogP contribution in [-0.4, -0.2) is 15.8 Å². The zero-order valence-electron chi connectivity index (χ0n) is 11.1. The van der Waals surface area contributed by atoms with Crippen LogP contribution >= 0.6 is 0 Å². The summed E-state index contributed by atoms with van der Waals surface area (Å²) in [6.07, 6.45) is 3.31. The summed E-state index contributed by atoms with van der Waals surface area (Å²) in [7, 11) is 1.96. The number of nitrogens with zero attached hydrogens (tertiary/aromatic N) is 2. The van der Waals surface area contributed by atoms with Crippen molar-refractivity contribution in [1.82, 2.24) is 15.2 Å². The van der Waals surface area contributed by atoms with E-state index in [-0.39, 0.29) is 6.04 Å². The zero-order chi connectivity index (χ0) is 13.1. The number of furan rings is 1. The Morgan fingerprint density at radius 1 is 1.44 bits per heavy atom. The van der Waals surface area contributed by atoms with Crippen LogP contribution in [0.5, 0.6) is 0 Å². The van der Waals surface area contributed by atoms with E-state index in [0.29, 0.717) is 0 Å². The third kappa shape index (κ3) is 2.63. The molecule has 0 bridgehead atoms. The van der Waals surface area contributed by atoms with Crippen LogP contribution in [0.3, 0.4) is 0 Å². The van der Waals surface area contributed by atoms with E-state index in [4.69, 9.17) is 10.3 Å². The fraction of sp³-hybridized carbons (Fsp3) is 0.462. The molecule has 1 unspecified atom stereocenters. The Bertz CT molecular complexity index is 501. The van der Waals surface area contributed by atoms with Crippen LogP contribution in [0, 0.1) is 13.8 Å². The number of hydrazine groups is 1. The maximum atomic E-state index is 5.63. The molecule has 0 aromatic carbocycles. The van der Waals surface area contributed by atoms with E-state index in [0.717, 1.165) is 24.3 Å². The normalized spacial score (nSPS) is 12.9. The first-order chi connectivity index (χ1) is 8.61. The zero-order valence-corrected chi connectivity index (χ0v) is 11.1. The van der Waals surface area contributed by atoms with Gasteiger partial charge in [0.25, 0.3) is 0 Å². The van der Waals surface area contributed by atoms with E-state index in [1.165, 1.54) is 11.3 Å². The molecule has 18 heavy (non-hydrogen) atoms. The molecule has 2 aromatic rings. The van der Waals surface area contributed by atoms with Crippen LogP contribution in [0.15, 0.2) is 22.8 Å². The third-order valence-electron chi connectivity index (χ3n) is 3.37. The molecule has 0 radical (unpaired) electrons. The highest BCUT2D eigenvalue weighted by Crippen LogP contribution is 2.16. The second-order valence-corrected chi connectivity index (χ2v) is 4.62. The largest absolute Gasteiger partial charge is 0.469 e. The minimum absolute atomic E-state index is 0.151. The average Bonchev–Trinajstić information content (AvgIpc) is 2.92. The van der Waals surface area contributed by atoms with Crippen molar-refractivity contribution in [2.24, 2.45) is 12.9 Å². The van der Waals surface area contributed by atoms with Crippen molar-refractivity contribution < 1.29 is 4.42 Å². The molecule has 0 spiro atoms. The second kappa shape index (κ2) is 5.37. The molecule has 0 fully saturated rings. The molecule has 0 aliphatic carbocycles. The Kier molecular flexibility index (Phi) is 3.84. The standard InChI is InChI=1S/C13H20N4O/c1-9-13(10(2)17(3)16-9)8-11(15-14)7-12-5-4-6-18-12/h4-6,11,15H,7-8,14H2,1-3H3. The minimum atomic E-state index is 0.151. The van der Waals surface area contributed by atoms with Gasteiger partial charge >= 0.3 is 0 Å². The lowest BCUT2D eigenvalue weighted by molar-refractivity contribution is 0.443. The van der Waals surface area contributed by atoms with E-state index in [1.54, 1.807) is 6.26 Å². The fourth-order valence-electron chi connectivity index (χ4n) is 2.22. The van der Waals surface area contributed by atoms with Crippen molar-refractivity contribution in [3.8, 4) is 0 Å². The van der Waals surface area contributed by atoms with Gasteiger partial charge in [-0.2, -0.15) is 5.10 Å². The first-order valence-corrected chi connectivity index (χ1v) is 6.09. The van der Waals surface area contributed by atoms with Gasteiger partial charge in [0.1, 0.15) is 5.76 Å². The molecule has 0 aliphatic rings. The molecule has 0 saturated carbocycles. The highest BCUT2D eigenvalue weighted by Gasteiger charge is 2.16. The number of hydrogen-bond donors (Lipinski definition) is 2. The van der Waals surface area contributed by atoms with Crippen molar-refractivity contribution in [2.45, 2.75) is 32.7 Å². The van der Waals surface area contributed by atoms with Gasteiger partial charge in [-0.15, -0.1) is 0 Å². The summed E-state index contributed by atoms with van der Waals surface area (Å²) >= 11 is 0. The lowest BCUT2D eigenvalue weighted by Crippen LogP contribution is -2.38. The summed E-state index contributed by atoms with van der Waals surface area (Å²) in [6.45, 7) is 4.11. The summed E-state index contributed by atoms with van der Waals surface area (Å²) in [5.74, 6) is 6.57. The van der Waals surface area contributed by atoms with Gasteiger partial charge in [0, 0.05) is 25.2 Å². The Morgan fingerprint density at radius 2 is 2.22 bits per heavy atom. The van der Waals surface area contributed by atoms with Crippen molar-refractivity contribution in [2.75, 3.05) is 0 Å². The van der Waals surface area contributed by atoms with Crippen molar-refractivity contribution in [3.05, 3.63) is 41.1 Å². The Morgan fingerprint density at radius 3 is 2.72 bits per heavy atom. The van der Waals surface area contributed by atoms with Gasteiger partial charge in [-0.05, 0) is 38.0 Å². The molecule has 98 valence electrons. The van der Waals surface area contributed by atoms with Gasteiger partial charge in [-0.1, -0.05) is 0 Å². The quantitative estimate of drug-likeness (QED) is 0.617. The highest BCUT2D eigenvalue weighted by molar-refractivity contribution is 5.25.